The van der Waals surface area contributed by atoms with E-state index in [0.29, 0.717) is 6.42 Å². The lowest BCUT2D eigenvalue weighted by molar-refractivity contribution is -0.929. The molecule has 0 aliphatic carbocycles. The van der Waals surface area contributed by atoms with Crippen LogP contribution in [0.5, 0.6) is 0 Å². The van der Waals surface area contributed by atoms with Crippen LogP contribution in [-0.2, 0) is 23.1 Å². The van der Waals surface area contributed by atoms with Crippen molar-refractivity contribution in [3.8, 4) is 0 Å². The highest BCUT2D eigenvalue weighted by atomic mass is 31.2. The van der Waals surface area contributed by atoms with Gasteiger partial charge < -0.3 is 23.2 Å². The van der Waals surface area contributed by atoms with Gasteiger partial charge in [-0.05, 0) is 26.2 Å². The zero-order valence-corrected chi connectivity index (χ0v) is 19.8. The number of nitrogens with zero attached hydrogens (tertiary/aromatic N) is 1. The van der Waals surface area contributed by atoms with Crippen molar-refractivity contribution in [1.82, 2.24) is 0 Å². The Kier molecular flexibility index (Phi) is 15.6. The molecule has 0 aromatic carbocycles. The predicted octanol–water partition coefficient (Wildman–Crippen LogP) is 4.21. The van der Waals surface area contributed by atoms with Crippen LogP contribution in [0.1, 0.15) is 72.6 Å². The fourth-order valence-electron chi connectivity index (χ4n) is 3.17. The first kappa shape index (κ1) is 28.3. The van der Waals surface area contributed by atoms with Crippen LogP contribution in [0.15, 0.2) is 12.2 Å². The first-order valence-electron chi connectivity index (χ1n) is 11.0. The molecule has 0 N–H and O–H groups in total. The average Bonchev–Trinajstić information content (AvgIpc) is 2.69. The van der Waals surface area contributed by atoms with Gasteiger partial charge in [-0.3, -0.25) is 4.57 Å². The van der Waals surface area contributed by atoms with E-state index in [0.717, 1.165) is 49.9 Å². The number of esters is 1. The summed E-state index contributed by atoms with van der Waals surface area (Å²) in [6.07, 6.45) is 7.69. The van der Waals surface area contributed by atoms with Crippen LogP contribution in [0.2, 0.25) is 0 Å². The molecule has 8 heteroatoms. The molecule has 29 heavy (non-hydrogen) atoms. The number of carbonyl (C=O) groups excluding carboxylic acids is 1. The standard InChI is InChI=1S/C21H42NO6P/c1-6-9-13-22(14-10-7-2,15-11-8-3)16-12-17-27-29(24,25)28-19-18-26-21(23)20(4)5/h4,6-19H2,1-3,5H3. The van der Waals surface area contributed by atoms with E-state index in [-0.39, 0.29) is 25.4 Å². The topological polar surface area (TPSA) is 84.9 Å². The molecule has 172 valence electrons. The van der Waals surface area contributed by atoms with E-state index in [4.69, 9.17) is 13.8 Å². The molecule has 0 amide bonds. The molecular weight excluding hydrogens is 393 g/mol. The van der Waals surface area contributed by atoms with E-state index in [1.165, 1.54) is 26.2 Å². The Bertz CT molecular complexity index is 490. The summed E-state index contributed by atoms with van der Waals surface area (Å²) in [5.74, 6) is -0.574. The van der Waals surface area contributed by atoms with Crippen LogP contribution in [0.25, 0.3) is 0 Å². The third-order valence-electron chi connectivity index (χ3n) is 4.90. The fourth-order valence-corrected chi connectivity index (χ4v) is 3.90. The molecule has 0 aromatic rings. The number of unbranched alkanes of at least 4 members (excludes halogenated alkanes) is 3. The van der Waals surface area contributed by atoms with Gasteiger partial charge in [-0.1, -0.05) is 46.6 Å². The molecule has 0 aliphatic rings. The van der Waals surface area contributed by atoms with Crippen molar-refractivity contribution >= 4 is 13.8 Å². The van der Waals surface area contributed by atoms with E-state index < -0.39 is 13.8 Å². The SMILES string of the molecule is C=C(C)C(=O)OCCOP(=O)([O-])OCCC[N+](CCCC)(CCCC)CCCC. The third-order valence-corrected chi connectivity index (χ3v) is 5.90. The summed E-state index contributed by atoms with van der Waals surface area (Å²) in [5.41, 5.74) is 0.252. The molecule has 1 atom stereocenters. The Morgan fingerprint density at radius 1 is 0.862 bits per heavy atom. The van der Waals surface area contributed by atoms with Crippen molar-refractivity contribution in [3.05, 3.63) is 12.2 Å². The Labute approximate surface area is 177 Å². The monoisotopic (exact) mass is 435 g/mol. The van der Waals surface area contributed by atoms with Gasteiger partial charge in [0.25, 0.3) is 7.82 Å². The zero-order chi connectivity index (χ0) is 22.2. The van der Waals surface area contributed by atoms with Crippen LogP contribution in [0.3, 0.4) is 0 Å². The lowest BCUT2D eigenvalue weighted by Gasteiger charge is -2.39. The summed E-state index contributed by atoms with van der Waals surface area (Å²) < 4.78 is 27.5. The second kappa shape index (κ2) is 16.0. The number of phosphoric ester groups is 1. The van der Waals surface area contributed by atoms with E-state index in [1.54, 1.807) is 0 Å². The second-order valence-electron chi connectivity index (χ2n) is 7.68. The van der Waals surface area contributed by atoms with Crippen LogP contribution >= 0.6 is 7.82 Å². The molecule has 0 heterocycles. The minimum absolute atomic E-state index is 0.108. The van der Waals surface area contributed by atoms with E-state index in [1.807, 2.05) is 0 Å². The Hall–Kier alpha value is -0.720. The Morgan fingerprint density at radius 3 is 1.76 bits per heavy atom. The van der Waals surface area contributed by atoms with Crippen molar-refractivity contribution in [2.24, 2.45) is 0 Å². The molecule has 0 saturated carbocycles. The maximum atomic E-state index is 11.9. The van der Waals surface area contributed by atoms with Crippen molar-refractivity contribution in [1.29, 1.82) is 0 Å². The Morgan fingerprint density at radius 2 is 1.31 bits per heavy atom. The molecule has 0 radical (unpaired) electrons. The van der Waals surface area contributed by atoms with Crippen LogP contribution in [0.4, 0.5) is 0 Å². The minimum atomic E-state index is -4.39. The summed E-state index contributed by atoms with van der Waals surface area (Å²) in [7, 11) is -4.39. The highest BCUT2D eigenvalue weighted by Gasteiger charge is 2.25. The van der Waals surface area contributed by atoms with E-state index in [2.05, 4.69) is 27.4 Å². The van der Waals surface area contributed by atoms with Crippen molar-refractivity contribution < 1.29 is 32.5 Å². The van der Waals surface area contributed by atoms with Crippen LogP contribution in [-0.4, -0.2) is 56.5 Å². The van der Waals surface area contributed by atoms with Gasteiger partial charge in [0.15, 0.2) is 0 Å². The molecule has 0 aromatic heterocycles. The first-order valence-corrected chi connectivity index (χ1v) is 12.5. The predicted molar refractivity (Wildman–Crippen MR) is 114 cm³/mol. The molecule has 0 saturated heterocycles. The highest BCUT2D eigenvalue weighted by Crippen LogP contribution is 2.38. The van der Waals surface area contributed by atoms with Gasteiger partial charge in [0.2, 0.25) is 0 Å². The van der Waals surface area contributed by atoms with Gasteiger partial charge in [-0.25, -0.2) is 4.79 Å². The second-order valence-corrected chi connectivity index (χ2v) is 9.09. The average molecular weight is 436 g/mol. The largest absolute Gasteiger partial charge is 0.756 e. The third kappa shape index (κ3) is 14.0. The Balaban J connectivity index is 4.45. The summed E-state index contributed by atoms with van der Waals surface area (Å²) in [6.45, 7) is 15.6. The number of hydrogen-bond acceptors (Lipinski definition) is 6. The fraction of sp³-hybridized carbons (Fsp3) is 0.857. The highest BCUT2D eigenvalue weighted by molar-refractivity contribution is 7.45. The normalized spacial score (nSPS) is 13.8. The maximum absolute atomic E-state index is 11.9. The van der Waals surface area contributed by atoms with Gasteiger partial charge in [0.1, 0.15) is 6.61 Å². The summed E-state index contributed by atoms with van der Waals surface area (Å²) in [4.78, 5) is 23.1. The molecule has 0 aliphatic heterocycles. The summed E-state index contributed by atoms with van der Waals surface area (Å²) >= 11 is 0. The van der Waals surface area contributed by atoms with Gasteiger partial charge in [-0.15, -0.1) is 0 Å². The summed E-state index contributed by atoms with van der Waals surface area (Å²) in [5, 5.41) is 0. The van der Waals surface area contributed by atoms with E-state index >= 15 is 0 Å². The number of phosphoric acid groups is 1. The van der Waals surface area contributed by atoms with Gasteiger partial charge in [0, 0.05) is 12.0 Å². The lowest BCUT2D eigenvalue weighted by atomic mass is 10.1. The molecule has 0 fully saturated rings. The van der Waals surface area contributed by atoms with Gasteiger partial charge >= 0.3 is 5.97 Å². The van der Waals surface area contributed by atoms with Gasteiger partial charge in [-0.2, -0.15) is 0 Å². The molecule has 0 bridgehead atoms. The van der Waals surface area contributed by atoms with Crippen LogP contribution < -0.4 is 4.89 Å². The molecule has 0 rings (SSSR count). The van der Waals surface area contributed by atoms with E-state index in [9.17, 15) is 14.3 Å². The lowest BCUT2D eigenvalue weighted by Crippen LogP contribution is -2.51. The maximum Gasteiger partial charge on any atom is 0.333 e. The zero-order valence-electron chi connectivity index (χ0n) is 19.0. The number of ether oxygens (including phenoxy) is 1. The molecular formula is C21H42NO6P. The van der Waals surface area contributed by atoms with Crippen molar-refractivity contribution in [2.75, 3.05) is 46.0 Å². The number of hydrogen-bond donors (Lipinski definition) is 0. The number of quaternary nitrogens is 1. The summed E-state index contributed by atoms with van der Waals surface area (Å²) in [6, 6.07) is 0. The smallest absolute Gasteiger partial charge is 0.333 e. The molecule has 1 unspecified atom stereocenters. The minimum Gasteiger partial charge on any atom is -0.756 e. The number of carbonyl (C=O) groups is 1. The quantitative estimate of drug-likeness (QED) is 0.0993. The van der Waals surface area contributed by atoms with Gasteiger partial charge in [0.05, 0.1) is 39.4 Å². The first-order chi connectivity index (χ1) is 13.7. The number of rotatable bonds is 19. The van der Waals surface area contributed by atoms with Crippen molar-refractivity contribution in [2.45, 2.75) is 72.6 Å². The van der Waals surface area contributed by atoms with Crippen molar-refractivity contribution in [3.63, 3.8) is 0 Å². The molecule has 0 spiro atoms. The van der Waals surface area contributed by atoms with Crippen LogP contribution in [0, 0.1) is 0 Å². The molecule has 7 nitrogen and oxygen atoms in total.